The zero-order valence-electron chi connectivity index (χ0n) is 6.18. The van der Waals surface area contributed by atoms with E-state index in [0.29, 0.717) is 0 Å². The minimum atomic E-state index is -2.86. The van der Waals surface area contributed by atoms with Crippen molar-refractivity contribution in [2.24, 2.45) is 0 Å². The lowest BCUT2D eigenvalue weighted by molar-refractivity contribution is 0.107. The minimum Gasteiger partial charge on any atom is -0.357 e. The Bertz CT molecular complexity index is 388. The van der Waals surface area contributed by atoms with Gasteiger partial charge in [0.05, 0.1) is 5.56 Å². The van der Waals surface area contributed by atoms with Gasteiger partial charge in [-0.3, -0.25) is 9.59 Å². The SMILES string of the molecule is O=C(Cl)c1cc(=O)c(C(F)F)c[nH]1. The monoisotopic (exact) mass is 207 g/mol. The molecule has 1 aromatic heterocycles. The van der Waals surface area contributed by atoms with Crippen molar-refractivity contribution in [3.8, 4) is 0 Å². The van der Waals surface area contributed by atoms with E-state index in [1.165, 1.54) is 0 Å². The van der Waals surface area contributed by atoms with Gasteiger partial charge in [0.1, 0.15) is 5.69 Å². The minimum absolute atomic E-state index is 0.198. The predicted octanol–water partition coefficient (Wildman–Crippen LogP) is 1.69. The Kier molecular flexibility index (Phi) is 2.77. The van der Waals surface area contributed by atoms with Crippen LogP contribution in [0.5, 0.6) is 0 Å². The Labute approximate surface area is 76.3 Å². The number of H-pyrrole nitrogens is 1. The Hall–Kier alpha value is -1.23. The van der Waals surface area contributed by atoms with Crippen molar-refractivity contribution in [1.29, 1.82) is 0 Å². The van der Waals surface area contributed by atoms with Gasteiger partial charge in [0.2, 0.25) is 0 Å². The highest BCUT2D eigenvalue weighted by atomic mass is 35.5. The molecule has 1 heterocycles. The summed E-state index contributed by atoms with van der Waals surface area (Å²) in [5, 5.41) is -0.891. The van der Waals surface area contributed by atoms with E-state index < -0.39 is 22.7 Å². The lowest BCUT2D eigenvalue weighted by Crippen LogP contribution is -2.11. The molecule has 0 aliphatic heterocycles. The van der Waals surface area contributed by atoms with Gasteiger partial charge in [-0.05, 0) is 11.6 Å². The van der Waals surface area contributed by atoms with Crippen molar-refractivity contribution in [3.63, 3.8) is 0 Å². The first-order valence-corrected chi connectivity index (χ1v) is 3.61. The fourth-order valence-corrected chi connectivity index (χ4v) is 0.876. The quantitative estimate of drug-likeness (QED) is 0.751. The average Bonchev–Trinajstić information content (AvgIpc) is 2.03. The van der Waals surface area contributed by atoms with E-state index in [1.54, 1.807) is 0 Å². The summed E-state index contributed by atoms with van der Waals surface area (Å²) in [7, 11) is 0. The molecule has 0 aliphatic carbocycles. The van der Waals surface area contributed by atoms with Gasteiger partial charge in [-0.1, -0.05) is 0 Å². The molecule has 0 unspecified atom stereocenters. The zero-order valence-corrected chi connectivity index (χ0v) is 6.94. The van der Waals surface area contributed by atoms with Gasteiger partial charge in [0, 0.05) is 12.3 Å². The van der Waals surface area contributed by atoms with Gasteiger partial charge in [-0.15, -0.1) is 0 Å². The van der Waals surface area contributed by atoms with Gasteiger partial charge < -0.3 is 4.98 Å². The molecule has 0 aliphatic rings. The van der Waals surface area contributed by atoms with E-state index >= 15 is 0 Å². The van der Waals surface area contributed by atoms with Gasteiger partial charge in [-0.2, -0.15) is 0 Å². The molecular formula is C7H4ClF2NO2. The third-order valence-corrected chi connectivity index (χ3v) is 1.59. The number of nitrogens with one attached hydrogen (secondary N) is 1. The molecule has 1 aromatic rings. The highest BCUT2D eigenvalue weighted by molar-refractivity contribution is 6.67. The number of hydrogen-bond acceptors (Lipinski definition) is 2. The van der Waals surface area contributed by atoms with Crippen molar-refractivity contribution in [2.75, 3.05) is 0 Å². The van der Waals surface area contributed by atoms with E-state index in [2.05, 4.69) is 4.98 Å². The topological polar surface area (TPSA) is 49.9 Å². The summed E-state index contributed by atoms with van der Waals surface area (Å²) in [5.74, 6) is 0. The maximum atomic E-state index is 12.0. The first-order chi connectivity index (χ1) is 6.02. The van der Waals surface area contributed by atoms with Crippen LogP contribution in [0.25, 0.3) is 0 Å². The molecule has 0 radical (unpaired) electrons. The molecule has 0 aromatic carbocycles. The summed E-state index contributed by atoms with van der Waals surface area (Å²) in [6, 6.07) is 0.747. The van der Waals surface area contributed by atoms with E-state index in [4.69, 9.17) is 11.6 Å². The molecule has 6 heteroatoms. The molecule has 0 saturated heterocycles. The first-order valence-electron chi connectivity index (χ1n) is 3.23. The lowest BCUT2D eigenvalue weighted by atomic mass is 10.2. The summed E-state index contributed by atoms with van der Waals surface area (Å²) >= 11 is 5.01. The second-order valence-electron chi connectivity index (χ2n) is 2.24. The van der Waals surface area contributed by atoms with Gasteiger partial charge in [0.25, 0.3) is 11.7 Å². The first kappa shape index (κ1) is 9.85. The van der Waals surface area contributed by atoms with Crippen LogP contribution in [0.1, 0.15) is 22.5 Å². The van der Waals surface area contributed by atoms with Crippen molar-refractivity contribution >= 4 is 16.8 Å². The third kappa shape index (κ3) is 2.12. The summed E-state index contributed by atoms with van der Waals surface area (Å²) in [4.78, 5) is 23.6. The number of aromatic amines is 1. The van der Waals surface area contributed by atoms with Crippen molar-refractivity contribution in [2.45, 2.75) is 6.43 Å². The number of carbonyl (C=O) groups is 1. The molecule has 0 bridgehead atoms. The number of alkyl halides is 2. The molecule has 0 spiro atoms. The zero-order chi connectivity index (χ0) is 10.0. The molecule has 70 valence electrons. The summed E-state index contributed by atoms with van der Waals surface area (Å²) < 4.78 is 24.0. The van der Waals surface area contributed by atoms with E-state index in [1.807, 2.05) is 0 Å². The molecule has 0 fully saturated rings. The third-order valence-electron chi connectivity index (χ3n) is 1.39. The van der Waals surface area contributed by atoms with Crippen LogP contribution in [-0.4, -0.2) is 10.2 Å². The molecule has 0 amide bonds. The molecule has 0 saturated carbocycles. The number of halogens is 3. The Morgan fingerprint density at radius 1 is 1.54 bits per heavy atom. The predicted molar refractivity (Wildman–Crippen MR) is 42.2 cm³/mol. The van der Waals surface area contributed by atoms with Crippen LogP contribution >= 0.6 is 11.6 Å². The van der Waals surface area contributed by atoms with Crippen LogP contribution in [0, 0.1) is 0 Å². The van der Waals surface area contributed by atoms with E-state index in [0.717, 1.165) is 12.3 Å². The molecular weight excluding hydrogens is 204 g/mol. The Morgan fingerprint density at radius 3 is 2.54 bits per heavy atom. The summed E-state index contributed by atoms with van der Waals surface area (Å²) in [5.41, 5.74) is -1.78. The van der Waals surface area contributed by atoms with Crippen LogP contribution < -0.4 is 5.43 Å². The maximum absolute atomic E-state index is 12.0. The van der Waals surface area contributed by atoms with Crippen molar-refractivity contribution < 1.29 is 13.6 Å². The lowest BCUT2D eigenvalue weighted by Gasteiger charge is -1.98. The highest BCUT2D eigenvalue weighted by Gasteiger charge is 2.13. The molecule has 3 nitrogen and oxygen atoms in total. The standard InChI is InChI=1S/C7H4ClF2NO2/c8-6(13)4-1-5(12)3(2-11-4)7(9)10/h1-2,7H,(H,11,12). The number of hydrogen-bond donors (Lipinski definition) is 1. The van der Waals surface area contributed by atoms with Crippen LogP contribution in [0.2, 0.25) is 0 Å². The smallest absolute Gasteiger partial charge is 0.269 e. The van der Waals surface area contributed by atoms with Crippen LogP contribution in [0.15, 0.2) is 17.1 Å². The number of rotatable bonds is 2. The molecule has 0 atom stereocenters. The average molecular weight is 208 g/mol. The summed E-state index contributed by atoms with van der Waals surface area (Å²) in [6.45, 7) is 0. The maximum Gasteiger partial charge on any atom is 0.269 e. The molecule has 13 heavy (non-hydrogen) atoms. The van der Waals surface area contributed by atoms with Gasteiger partial charge in [-0.25, -0.2) is 8.78 Å². The fraction of sp³-hybridized carbons (Fsp3) is 0.143. The second-order valence-corrected chi connectivity index (χ2v) is 2.58. The molecule has 1 rings (SSSR count). The van der Waals surface area contributed by atoms with E-state index in [-0.39, 0.29) is 5.69 Å². The number of aromatic nitrogens is 1. The molecule has 1 N–H and O–H groups in total. The number of pyridine rings is 1. The second kappa shape index (κ2) is 3.66. The normalized spacial score (nSPS) is 10.5. The van der Waals surface area contributed by atoms with Crippen LogP contribution in [0.3, 0.4) is 0 Å². The van der Waals surface area contributed by atoms with Crippen LogP contribution in [0.4, 0.5) is 8.78 Å². The van der Waals surface area contributed by atoms with E-state index in [9.17, 15) is 18.4 Å². The van der Waals surface area contributed by atoms with Gasteiger partial charge >= 0.3 is 0 Å². The summed E-state index contributed by atoms with van der Waals surface area (Å²) in [6.07, 6.45) is -2.08. The fourth-order valence-electron chi connectivity index (χ4n) is 0.767. The van der Waals surface area contributed by atoms with Crippen molar-refractivity contribution in [3.05, 3.63) is 33.7 Å². The Morgan fingerprint density at radius 2 is 2.15 bits per heavy atom. The number of carbonyl (C=O) groups excluding carboxylic acids is 1. The largest absolute Gasteiger partial charge is 0.357 e. The van der Waals surface area contributed by atoms with Crippen LogP contribution in [-0.2, 0) is 0 Å². The Balaban J connectivity index is 3.21. The van der Waals surface area contributed by atoms with Crippen molar-refractivity contribution in [1.82, 2.24) is 4.98 Å². The van der Waals surface area contributed by atoms with Gasteiger partial charge in [0.15, 0.2) is 5.43 Å². The highest BCUT2D eigenvalue weighted by Crippen LogP contribution is 2.13.